The van der Waals surface area contributed by atoms with Crippen LogP contribution in [0.3, 0.4) is 0 Å². The molecule has 94 valence electrons. The van der Waals surface area contributed by atoms with Crippen molar-refractivity contribution < 1.29 is 27.2 Å². The molecule has 0 aliphatic carbocycles. The van der Waals surface area contributed by atoms with E-state index in [1.807, 2.05) is 0 Å². The van der Waals surface area contributed by atoms with Crippen LogP contribution in [0.2, 0.25) is 0 Å². The normalized spacial score (nSPS) is 15.2. The van der Waals surface area contributed by atoms with Crippen molar-refractivity contribution in [3.8, 4) is 0 Å². The molecule has 0 aromatic rings. The zero-order valence-corrected chi connectivity index (χ0v) is 11.2. The fourth-order valence-corrected chi connectivity index (χ4v) is 1.45. The molecule has 2 unspecified atom stereocenters. The van der Waals surface area contributed by atoms with Gasteiger partial charge in [-0.15, -0.1) is 0 Å². The van der Waals surface area contributed by atoms with Gasteiger partial charge < -0.3 is 10.5 Å². The van der Waals surface area contributed by atoms with Gasteiger partial charge in [-0.3, -0.25) is 4.89 Å². The standard InChI is InChI=1S/C6H12NO6PS2/c1-15-3-2-6(7,4-8)5(9)12-13-16(10,11)14/h4H,2-3,7,14H2,1H3. The van der Waals surface area contributed by atoms with Crippen LogP contribution >= 0.6 is 20.2 Å². The van der Waals surface area contributed by atoms with Crippen LogP contribution in [0.1, 0.15) is 6.42 Å². The van der Waals surface area contributed by atoms with E-state index in [-0.39, 0.29) is 12.7 Å². The third-order valence-corrected chi connectivity index (χ3v) is 2.62. The zero-order valence-electron chi connectivity index (χ0n) is 8.41. The Morgan fingerprint density at radius 1 is 1.62 bits per heavy atom. The maximum atomic E-state index is 11.3. The predicted molar refractivity (Wildman–Crippen MR) is 61.8 cm³/mol. The topological polar surface area (TPSA) is 113 Å². The van der Waals surface area contributed by atoms with Gasteiger partial charge in [0.25, 0.3) is 0 Å². The van der Waals surface area contributed by atoms with Crippen LogP contribution in [-0.2, 0) is 28.5 Å². The highest BCUT2D eigenvalue weighted by molar-refractivity contribution is 8.34. The third kappa shape index (κ3) is 5.76. The number of nitrogens with two attached hydrogens (primary N) is 1. The first-order valence-electron chi connectivity index (χ1n) is 3.92. The molecule has 0 fully saturated rings. The van der Waals surface area contributed by atoms with E-state index in [2.05, 4.69) is 9.22 Å². The van der Waals surface area contributed by atoms with Crippen molar-refractivity contribution in [2.24, 2.45) is 5.73 Å². The van der Waals surface area contributed by atoms with Gasteiger partial charge >= 0.3 is 15.7 Å². The van der Waals surface area contributed by atoms with Crippen molar-refractivity contribution >= 4 is 42.2 Å². The van der Waals surface area contributed by atoms with E-state index in [9.17, 15) is 18.0 Å². The Balaban J connectivity index is 4.47. The summed E-state index contributed by atoms with van der Waals surface area (Å²) in [6.07, 6.45) is 1.99. The van der Waals surface area contributed by atoms with E-state index in [4.69, 9.17) is 5.73 Å². The van der Waals surface area contributed by atoms with Crippen molar-refractivity contribution in [2.45, 2.75) is 12.0 Å². The molecule has 0 heterocycles. The van der Waals surface area contributed by atoms with Gasteiger partial charge in [0.15, 0.2) is 11.8 Å². The summed E-state index contributed by atoms with van der Waals surface area (Å²) in [5.74, 6) is -0.805. The first-order chi connectivity index (χ1) is 7.25. The van der Waals surface area contributed by atoms with Gasteiger partial charge in [0.05, 0.1) is 0 Å². The molecule has 10 heteroatoms. The quantitative estimate of drug-likeness (QED) is 0.214. The van der Waals surface area contributed by atoms with Crippen LogP contribution < -0.4 is 5.73 Å². The number of thioether (sulfide) groups is 1. The van der Waals surface area contributed by atoms with Gasteiger partial charge in [-0.25, -0.2) is 4.79 Å². The van der Waals surface area contributed by atoms with Crippen LogP contribution in [0.4, 0.5) is 0 Å². The van der Waals surface area contributed by atoms with Crippen molar-refractivity contribution in [3.05, 3.63) is 0 Å². The molecule has 0 saturated carbocycles. The number of carbonyl (C=O) groups is 2. The molecule has 0 spiro atoms. The SMILES string of the molecule is CSCCC(N)(C=O)C(=O)OOS(=O)(=O)P. The fraction of sp³-hybridized carbons (Fsp3) is 0.667. The molecule has 0 aromatic heterocycles. The maximum Gasteiger partial charge on any atom is 0.370 e. The van der Waals surface area contributed by atoms with E-state index in [1.165, 1.54) is 20.2 Å². The van der Waals surface area contributed by atoms with Gasteiger partial charge in [-0.1, -0.05) is 0 Å². The molecule has 16 heavy (non-hydrogen) atoms. The second-order valence-electron chi connectivity index (χ2n) is 2.83. The summed E-state index contributed by atoms with van der Waals surface area (Å²) in [7, 11) is -2.70. The van der Waals surface area contributed by atoms with E-state index >= 15 is 0 Å². The highest BCUT2D eigenvalue weighted by Crippen LogP contribution is 2.12. The molecule has 0 aromatic carbocycles. The third-order valence-electron chi connectivity index (χ3n) is 1.51. The van der Waals surface area contributed by atoms with Crippen LogP contribution in [-0.4, -0.2) is 38.2 Å². The summed E-state index contributed by atoms with van der Waals surface area (Å²) >= 11 is 1.38. The summed E-state index contributed by atoms with van der Waals surface area (Å²) < 4.78 is 24.7. The summed E-state index contributed by atoms with van der Waals surface area (Å²) in [4.78, 5) is 25.9. The Kier molecular flexibility index (Phi) is 6.42. The van der Waals surface area contributed by atoms with Crippen LogP contribution in [0, 0.1) is 0 Å². The molecule has 0 amide bonds. The van der Waals surface area contributed by atoms with E-state index in [0.717, 1.165) is 0 Å². The van der Waals surface area contributed by atoms with Crippen LogP contribution in [0.15, 0.2) is 0 Å². The lowest BCUT2D eigenvalue weighted by molar-refractivity contribution is -0.215. The fourth-order valence-electron chi connectivity index (χ4n) is 0.636. The lowest BCUT2D eigenvalue weighted by atomic mass is 10.0. The summed E-state index contributed by atoms with van der Waals surface area (Å²) in [5, 5.41) is 0. The van der Waals surface area contributed by atoms with E-state index in [0.29, 0.717) is 5.75 Å². The Labute approximate surface area is 99.4 Å². The second kappa shape index (κ2) is 6.51. The molecular weight excluding hydrogens is 277 g/mol. The molecule has 2 N–H and O–H groups in total. The van der Waals surface area contributed by atoms with Gasteiger partial charge in [-0.2, -0.15) is 20.2 Å². The minimum atomic E-state index is -4.01. The van der Waals surface area contributed by atoms with E-state index in [1.54, 1.807) is 6.26 Å². The highest BCUT2D eigenvalue weighted by atomic mass is 32.7. The molecule has 0 radical (unpaired) electrons. The monoisotopic (exact) mass is 289 g/mol. The number of hydrogen-bond acceptors (Lipinski definition) is 8. The highest BCUT2D eigenvalue weighted by Gasteiger charge is 2.36. The Morgan fingerprint density at radius 2 is 2.19 bits per heavy atom. The average molecular weight is 289 g/mol. The molecule has 7 nitrogen and oxygen atoms in total. The largest absolute Gasteiger partial charge is 0.370 e. The van der Waals surface area contributed by atoms with Crippen molar-refractivity contribution in [1.29, 1.82) is 0 Å². The minimum Gasteiger partial charge on any atom is -0.310 e. The smallest absolute Gasteiger partial charge is 0.310 e. The summed E-state index contributed by atoms with van der Waals surface area (Å²) in [5.41, 5.74) is 3.53. The summed E-state index contributed by atoms with van der Waals surface area (Å²) in [6.45, 7) is 0. The van der Waals surface area contributed by atoms with Crippen LogP contribution in [0.5, 0.6) is 0 Å². The average Bonchev–Trinajstić information content (AvgIpc) is 2.21. The molecule has 0 bridgehead atoms. The molecule has 0 aliphatic heterocycles. The molecule has 2 atom stereocenters. The first kappa shape index (κ1) is 15.8. The number of aldehydes is 1. The summed E-state index contributed by atoms with van der Waals surface area (Å²) in [6, 6.07) is 0. The van der Waals surface area contributed by atoms with E-state index < -0.39 is 21.2 Å². The van der Waals surface area contributed by atoms with Gasteiger partial charge in [0, 0.05) is 8.44 Å². The number of carbonyl (C=O) groups excluding carboxylic acids is 2. The van der Waals surface area contributed by atoms with Crippen molar-refractivity contribution in [1.82, 2.24) is 0 Å². The van der Waals surface area contributed by atoms with Crippen LogP contribution in [0.25, 0.3) is 0 Å². The Bertz CT molecular complexity index is 358. The lowest BCUT2D eigenvalue weighted by Gasteiger charge is -2.18. The molecule has 0 rings (SSSR count). The Hall–Kier alpha value is -0.210. The number of rotatable bonds is 7. The maximum absolute atomic E-state index is 11.3. The van der Waals surface area contributed by atoms with Gasteiger partial charge in [0.1, 0.15) is 0 Å². The number of hydrogen-bond donors (Lipinski definition) is 1. The molecule has 0 saturated heterocycles. The van der Waals surface area contributed by atoms with Crippen molar-refractivity contribution in [3.63, 3.8) is 0 Å². The first-order valence-corrected chi connectivity index (χ1v) is 8.20. The van der Waals surface area contributed by atoms with Gasteiger partial charge in [-0.05, 0) is 22.8 Å². The van der Waals surface area contributed by atoms with Gasteiger partial charge in [0.2, 0.25) is 0 Å². The minimum absolute atomic E-state index is 0.0246. The second-order valence-corrected chi connectivity index (χ2v) is 6.67. The molecule has 0 aliphatic rings. The zero-order chi connectivity index (χ0) is 12.8. The lowest BCUT2D eigenvalue weighted by Crippen LogP contribution is -2.51. The predicted octanol–water partition coefficient (Wildman–Crippen LogP) is -0.769. The molecular formula is C6H12NO6PS2. The Morgan fingerprint density at radius 3 is 2.56 bits per heavy atom. The van der Waals surface area contributed by atoms with Crippen molar-refractivity contribution in [2.75, 3.05) is 12.0 Å².